The summed E-state index contributed by atoms with van der Waals surface area (Å²) in [6, 6.07) is 52.6. The molecule has 10 rings (SSSR count). The van der Waals surface area contributed by atoms with Crippen molar-refractivity contribution in [1.82, 2.24) is 9.97 Å². The third kappa shape index (κ3) is 7.23. The zero-order chi connectivity index (χ0) is 38.3. The van der Waals surface area contributed by atoms with Crippen LogP contribution in [0.15, 0.2) is 146 Å². The molecule has 0 N–H and O–H groups in total. The predicted molar refractivity (Wildman–Crippen MR) is 229 cm³/mol. The van der Waals surface area contributed by atoms with Gasteiger partial charge in [-0.2, -0.15) is 0 Å². The van der Waals surface area contributed by atoms with Crippen LogP contribution in [0.1, 0.15) is 27.8 Å². The Labute approximate surface area is 349 Å². The molecular weight excluding hydrogens is 876 g/mol. The Balaban J connectivity index is 0.000000185. The molecular formula is C51H39BIrN2O2-2. The van der Waals surface area contributed by atoms with Crippen LogP contribution in [0.5, 0.6) is 23.0 Å². The van der Waals surface area contributed by atoms with E-state index in [2.05, 4.69) is 143 Å². The second-order valence-corrected chi connectivity index (χ2v) is 14.7. The van der Waals surface area contributed by atoms with Gasteiger partial charge in [0, 0.05) is 49.6 Å². The SMILES string of the molecule is Cc1c[c-]c(-c2cc(-c3ccccc3)c(C)cn2)cc1.Cc1ccc(-c2cnc(-c3[c-]cc4c5c3Oc3ccccc3B5c3ccccc3O4)cc2C)c(C)c1.[Ir]. The van der Waals surface area contributed by atoms with Crippen LogP contribution < -0.4 is 25.9 Å². The standard InChI is InChI=1S/C32H23BNO2.C19H16N.Ir/c1-19-12-13-22(20(2)16-19)24-18-34-27(17-21(24)3)23-14-15-30-31-32(23)36-29-11-7-5-9-26(29)33(31)25-8-4-6-10-28(25)35-30;1-14-8-10-17(11-9-14)19-12-18(15(2)13-20-19)16-6-4-3-5-7-16;/h4-13,15-18H,1-3H3;3-10,12-13H,1-2H3;/q2*-1;. The number of pyridine rings is 2. The Morgan fingerprint density at radius 1 is 0.509 bits per heavy atom. The molecule has 0 aliphatic carbocycles. The van der Waals surface area contributed by atoms with Crippen molar-refractivity contribution in [2.24, 2.45) is 0 Å². The molecule has 57 heavy (non-hydrogen) atoms. The molecule has 2 aliphatic heterocycles. The molecule has 2 aliphatic rings. The number of rotatable bonds is 4. The van der Waals surface area contributed by atoms with Crippen LogP contribution in [0.2, 0.25) is 0 Å². The molecule has 0 bridgehead atoms. The smallest absolute Gasteiger partial charge is 0.239 e. The van der Waals surface area contributed by atoms with Gasteiger partial charge < -0.3 is 19.4 Å². The molecule has 0 amide bonds. The molecule has 0 fully saturated rings. The fourth-order valence-electron chi connectivity index (χ4n) is 7.86. The van der Waals surface area contributed by atoms with Crippen molar-refractivity contribution in [2.75, 3.05) is 0 Å². The van der Waals surface area contributed by atoms with Crippen molar-refractivity contribution in [3.63, 3.8) is 0 Å². The van der Waals surface area contributed by atoms with E-state index in [-0.39, 0.29) is 26.8 Å². The van der Waals surface area contributed by atoms with Gasteiger partial charge in [-0.1, -0.05) is 121 Å². The van der Waals surface area contributed by atoms with Gasteiger partial charge in [-0.15, -0.1) is 47.5 Å². The van der Waals surface area contributed by atoms with E-state index in [1.165, 1.54) is 44.5 Å². The molecule has 279 valence electrons. The predicted octanol–water partition coefficient (Wildman–Crippen LogP) is 10.7. The summed E-state index contributed by atoms with van der Waals surface area (Å²) in [5, 5.41) is 0. The summed E-state index contributed by atoms with van der Waals surface area (Å²) >= 11 is 0. The number of ether oxygens (including phenoxy) is 2. The van der Waals surface area contributed by atoms with E-state index in [1.54, 1.807) is 0 Å². The fourth-order valence-corrected chi connectivity index (χ4v) is 7.86. The summed E-state index contributed by atoms with van der Waals surface area (Å²) in [5.41, 5.74) is 17.9. The maximum Gasteiger partial charge on any atom is 0.239 e. The number of hydrogen-bond donors (Lipinski definition) is 0. The fraction of sp³-hybridized carbons (Fsp3) is 0.0980. The van der Waals surface area contributed by atoms with Crippen LogP contribution in [0.3, 0.4) is 0 Å². The zero-order valence-corrected chi connectivity index (χ0v) is 34.9. The van der Waals surface area contributed by atoms with E-state index in [0.717, 1.165) is 67.5 Å². The monoisotopic (exact) mass is 915 g/mol. The van der Waals surface area contributed by atoms with Gasteiger partial charge in [-0.05, 0) is 95.5 Å². The average Bonchev–Trinajstić information content (AvgIpc) is 3.22. The molecule has 1 radical (unpaired) electrons. The van der Waals surface area contributed by atoms with Crippen LogP contribution >= 0.6 is 0 Å². The Kier molecular flexibility index (Phi) is 10.5. The normalized spacial score (nSPS) is 11.7. The Bertz CT molecular complexity index is 2760. The van der Waals surface area contributed by atoms with E-state index >= 15 is 0 Å². The molecule has 0 atom stereocenters. The molecule has 4 nitrogen and oxygen atoms in total. The number of aryl methyl sites for hydroxylation is 5. The first-order chi connectivity index (χ1) is 27.3. The first-order valence-electron chi connectivity index (χ1n) is 19.0. The second-order valence-electron chi connectivity index (χ2n) is 14.7. The molecule has 6 aromatic carbocycles. The minimum Gasteiger partial charge on any atom is -0.503 e. The van der Waals surface area contributed by atoms with E-state index in [0.29, 0.717) is 0 Å². The maximum absolute atomic E-state index is 6.56. The van der Waals surface area contributed by atoms with Gasteiger partial charge in [0.05, 0.1) is 0 Å². The minimum atomic E-state index is 0. The third-order valence-electron chi connectivity index (χ3n) is 10.7. The number of benzene rings is 6. The quantitative estimate of drug-likeness (QED) is 0.130. The van der Waals surface area contributed by atoms with Crippen molar-refractivity contribution < 1.29 is 29.6 Å². The van der Waals surface area contributed by atoms with Crippen molar-refractivity contribution in [3.8, 4) is 67.8 Å². The number of aromatic nitrogens is 2. The summed E-state index contributed by atoms with van der Waals surface area (Å²) in [7, 11) is 0. The summed E-state index contributed by atoms with van der Waals surface area (Å²) < 4.78 is 12.9. The summed E-state index contributed by atoms with van der Waals surface area (Å²) in [6.07, 6.45) is 3.91. The van der Waals surface area contributed by atoms with Crippen molar-refractivity contribution in [2.45, 2.75) is 34.6 Å². The Hall–Kier alpha value is -6.07. The second kappa shape index (κ2) is 15.8. The molecule has 6 heteroatoms. The molecule has 0 saturated heterocycles. The summed E-state index contributed by atoms with van der Waals surface area (Å²) in [4.78, 5) is 9.44. The Morgan fingerprint density at radius 3 is 1.88 bits per heavy atom. The van der Waals surface area contributed by atoms with Crippen LogP contribution in [0, 0.1) is 46.8 Å². The van der Waals surface area contributed by atoms with Gasteiger partial charge in [-0.3, -0.25) is 0 Å². The molecule has 0 saturated carbocycles. The van der Waals surface area contributed by atoms with Crippen LogP contribution in [0.25, 0.3) is 44.8 Å². The van der Waals surface area contributed by atoms with Gasteiger partial charge in [0.2, 0.25) is 6.71 Å². The van der Waals surface area contributed by atoms with Gasteiger partial charge in [0.25, 0.3) is 0 Å². The minimum absolute atomic E-state index is 0. The molecule has 2 aromatic heterocycles. The van der Waals surface area contributed by atoms with E-state index in [4.69, 9.17) is 14.5 Å². The van der Waals surface area contributed by atoms with E-state index in [9.17, 15) is 0 Å². The van der Waals surface area contributed by atoms with Gasteiger partial charge >= 0.3 is 0 Å². The van der Waals surface area contributed by atoms with Crippen molar-refractivity contribution in [3.05, 3.63) is 186 Å². The number of hydrogen-bond acceptors (Lipinski definition) is 4. The zero-order valence-electron chi connectivity index (χ0n) is 32.5. The first kappa shape index (κ1) is 37.8. The summed E-state index contributed by atoms with van der Waals surface area (Å²) in [6.45, 7) is 10.6. The largest absolute Gasteiger partial charge is 0.503 e. The number of para-hydroxylation sites is 2. The molecule has 0 spiro atoms. The molecule has 4 heterocycles. The van der Waals surface area contributed by atoms with Crippen LogP contribution in [0.4, 0.5) is 0 Å². The van der Waals surface area contributed by atoms with Crippen LogP contribution in [-0.4, -0.2) is 16.7 Å². The van der Waals surface area contributed by atoms with E-state index in [1.807, 2.05) is 54.9 Å². The van der Waals surface area contributed by atoms with Crippen LogP contribution in [-0.2, 0) is 20.1 Å². The van der Waals surface area contributed by atoms with Crippen molar-refractivity contribution in [1.29, 1.82) is 0 Å². The van der Waals surface area contributed by atoms with E-state index < -0.39 is 0 Å². The number of fused-ring (bicyclic) bond motifs is 4. The van der Waals surface area contributed by atoms with Crippen molar-refractivity contribution >= 4 is 23.1 Å². The Morgan fingerprint density at radius 2 is 1.18 bits per heavy atom. The first-order valence-corrected chi connectivity index (χ1v) is 19.0. The topological polar surface area (TPSA) is 44.2 Å². The van der Waals surface area contributed by atoms with Gasteiger partial charge in [-0.25, -0.2) is 0 Å². The molecule has 8 aromatic rings. The average molecular weight is 915 g/mol. The number of nitrogens with zero attached hydrogens (tertiary/aromatic N) is 2. The van der Waals surface area contributed by atoms with Gasteiger partial charge in [0.1, 0.15) is 11.5 Å². The van der Waals surface area contributed by atoms with Gasteiger partial charge in [0.15, 0.2) is 0 Å². The summed E-state index contributed by atoms with van der Waals surface area (Å²) in [5.74, 6) is 3.31. The third-order valence-corrected chi connectivity index (χ3v) is 10.7. The molecule has 0 unspecified atom stereocenters. The maximum atomic E-state index is 6.56.